The van der Waals surface area contributed by atoms with Crippen LogP contribution in [0.4, 0.5) is 0 Å². The molecule has 0 bridgehead atoms. The average Bonchev–Trinajstić information content (AvgIpc) is 3.03. The molecule has 1 aromatic carbocycles. The summed E-state index contributed by atoms with van der Waals surface area (Å²) in [6, 6.07) is 11.6. The van der Waals surface area contributed by atoms with Crippen LogP contribution < -0.4 is 0 Å². The molecule has 22 heavy (non-hydrogen) atoms. The first-order valence-electron chi connectivity index (χ1n) is 7.54. The van der Waals surface area contributed by atoms with Crippen LogP contribution in [0.3, 0.4) is 0 Å². The Bertz CT molecular complexity index is 589. The topological polar surface area (TPSA) is 53.4 Å². The van der Waals surface area contributed by atoms with E-state index in [9.17, 15) is 4.79 Å². The molecule has 0 amide bonds. The van der Waals surface area contributed by atoms with Crippen molar-refractivity contribution in [2.24, 2.45) is 0 Å². The molecule has 0 aliphatic rings. The molecule has 0 fully saturated rings. The van der Waals surface area contributed by atoms with E-state index in [0.717, 1.165) is 5.56 Å². The van der Waals surface area contributed by atoms with Gasteiger partial charge in [-0.25, -0.2) is 0 Å². The summed E-state index contributed by atoms with van der Waals surface area (Å²) >= 11 is 0. The number of carbonyl (C=O) groups is 1. The molecule has 0 saturated carbocycles. The zero-order chi connectivity index (χ0) is 15.9. The third-order valence-corrected chi connectivity index (χ3v) is 3.42. The molecular weight excluding hydrogens is 280 g/mol. The first-order valence-corrected chi connectivity index (χ1v) is 7.54. The number of benzene rings is 1. The van der Waals surface area contributed by atoms with Gasteiger partial charge in [-0.05, 0) is 32.4 Å². The van der Waals surface area contributed by atoms with Gasteiger partial charge < -0.3 is 9.47 Å². The molecule has 5 heteroatoms. The molecule has 0 N–H and O–H groups in total. The van der Waals surface area contributed by atoms with Gasteiger partial charge in [0.05, 0.1) is 6.04 Å². The molecular formula is C17H22N2O3. The summed E-state index contributed by atoms with van der Waals surface area (Å²) in [4.78, 5) is 12.6. The molecule has 2 rings (SSSR count). The van der Waals surface area contributed by atoms with Gasteiger partial charge in [0.2, 0.25) is 12.1 Å². The maximum atomic E-state index is 12.6. The molecule has 0 aliphatic carbocycles. The van der Waals surface area contributed by atoms with Crippen molar-refractivity contribution in [1.82, 2.24) is 9.78 Å². The predicted octanol–water partition coefficient (Wildman–Crippen LogP) is 3.07. The van der Waals surface area contributed by atoms with E-state index in [1.54, 1.807) is 16.9 Å². The highest BCUT2D eigenvalue weighted by molar-refractivity contribution is 5.97. The predicted molar refractivity (Wildman–Crippen MR) is 83.9 cm³/mol. The van der Waals surface area contributed by atoms with Crippen molar-refractivity contribution in [1.29, 1.82) is 0 Å². The van der Waals surface area contributed by atoms with E-state index in [4.69, 9.17) is 9.47 Å². The van der Waals surface area contributed by atoms with Crippen molar-refractivity contribution >= 4 is 5.78 Å². The third-order valence-electron chi connectivity index (χ3n) is 3.42. The van der Waals surface area contributed by atoms with Gasteiger partial charge in [0.15, 0.2) is 0 Å². The SMILES string of the molecule is CCOC(OCC)C(=O)c1ccnn1[C@H](C)c1ccccc1. The Kier molecular flexibility index (Phi) is 5.86. The Morgan fingerprint density at radius 1 is 1.14 bits per heavy atom. The Labute approximate surface area is 130 Å². The molecule has 1 heterocycles. The monoisotopic (exact) mass is 302 g/mol. The van der Waals surface area contributed by atoms with Crippen molar-refractivity contribution in [3.05, 3.63) is 53.9 Å². The van der Waals surface area contributed by atoms with Gasteiger partial charge in [-0.1, -0.05) is 30.3 Å². The Balaban J connectivity index is 2.26. The molecule has 0 radical (unpaired) electrons. The van der Waals surface area contributed by atoms with Gasteiger partial charge in [0.1, 0.15) is 5.69 Å². The summed E-state index contributed by atoms with van der Waals surface area (Å²) < 4.78 is 12.5. The summed E-state index contributed by atoms with van der Waals surface area (Å²) in [6.07, 6.45) is 0.746. The Hall–Kier alpha value is -1.98. The van der Waals surface area contributed by atoms with Crippen LogP contribution in [0.25, 0.3) is 0 Å². The summed E-state index contributed by atoms with van der Waals surface area (Å²) in [5.74, 6) is -0.205. The summed E-state index contributed by atoms with van der Waals surface area (Å²) in [5.41, 5.74) is 1.58. The van der Waals surface area contributed by atoms with Gasteiger partial charge in [-0.3, -0.25) is 9.48 Å². The van der Waals surface area contributed by atoms with E-state index in [2.05, 4.69) is 5.10 Å². The van der Waals surface area contributed by atoms with E-state index < -0.39 is 6.29 Å². The van der Waals surface area contributed by atoms with Crippen LogP contribution in [-0.2, 0) is 9.47 Å². The summed E-state index contributed by atoms with van der Waals surface area (Å²) in [7, 11) is 0. The van der Waals surface area contributed by atoms with Crippen molar-refractivity contribution in [3.63, 3.8) is 0 Å². The molecule has 1 aromatic heterocycles. The van der Waals surface area contributed by atoms with Crippen LogP contribution in [0, 0.1) is 0 Å². The first-order chi connectivity index (χ1) is 10.7. The van der Waals surface area contributed by atoms with E-state index in [1.165, 1.54) is 0 Å². The molecule has 5 nitrogen and oxygen atoms in total. The van der Waals surface area contributed by atoms with Crippen LogP contribution >= 0.6 is 0 Å². The minimum atomic E-state index is -0.881. The van der Waals surface area contributed by atoms with Crippen molar-refractivity contribution in [2.75, 3.05) is 13.2 Å². The zero-order valence-corrected chi connectivity index (χ0v) is 13.2. The number of hydrogen-bond donors (Lipinski definition) is 0. The molecule has 0 aliphatic heterocycles. The molecule has 1 atom stereocenters. The fourth-order valence-electron chi connectivity index (χ4n) is 2.31. The molecule has 0 spiro atoms. The minimum absolute atomic E-state index is 0.0425. The Morgan fingerprint density at radius 2 is 1.77 bits per heavy atom. The van der Waals surface area contributed by atoms with Crippen LogP contribution in [0.1, 0.15) is 42.9 Å². The maximum absolute atomic E-state index is 12.6. The third kappa shape index (κ3) is 3.61. The number of ketones is 1. The van der Waals surface area contributed by atoms with Crippen molar-refractivity contribution < 1.29 is 14.3 Å². The van der Waals surface area contributed by atoms with Crippen molar-refractivity contribution in [3.8, 4) is 0 Å². The van der Waals surface area contributed by atoms with Gasteiger partial charge in [0.25, 0.3) is 0 Å². The van der Waals surface area contributed by atoms with E-state index in [1.807, 2.05) is 51.1 Å². The lowest BCUT2D eigenvalue weighted by atomic mass is 10.1. The van der Waals surface area contributed by atoms with E-state index >= 15 is 0 Å². The number of rotatable bonds is 8. The number of aromatic nitrogens is 2. The van der Waals surface area contributed by atoms with Gasteiger partial charge in [-0.15, -0.1) is 0 Å². The Morgan fingerprint density at radius 3 is 2.36 bits per heavy atom. The summed E-state index contributed by atoms with van der Waals surface area (Å²) in [5, 5.41) is 4.30. The lowest BCUT2D eigenvalue weighted by Crippen LogP contribution is -2.30. The maximum Gasteiger partial charge on any atom is 0.236 e. The molecule has 0 saturated heterocycles. The molecule has 2 aromatic rings. The second kappa shape index (κ2) is 7.87. The van der Waals surface area contributed by atoms with Crippen LogP contribution in [0.15, 0.2) is 42.6 Å². The lowest BCUT2D eigenvalue weighted by molar-refractivity contribution is -0.107. The fraction of sp³-hybridized carbons (Fsp3) is 0.412. The van der Waals surface area contributed by atoms with E-state index in [-0.39, 0.29) is 11.8 Å². The zero-order valence-electron chi connectivity index (χ0n) is 13.2. The lowest BCUT2D eigenvalue weighted by Gasteiger charge is -2.19. The van der Waals surface area contributed by atoms with Gasteiger partial charge in [-0.2, -0.15) is 5.10 Å². The minimum Gasteiger partial charge on any atom is -0.346 e. The number of Topliss-reactive ketones (excluding diaryl/α,β-unsaturated/α-hetero) is 1. The average molecular weight is 302 g/mol. The standard InChI is InChI=1S/C17H22N2O3/c1-4-21-17(22-5-2)16(20)15-11-12-18-19(15)13(3)14-9-7-6-8-10-14/h6-13,17H,4-5H2,1-3H3/t13-/m1/s1. The second-order valence-corrected chi connectivity index (χ2v) is 4.85. The normalized spacial score (nSPS) is 12.5. The quantitative estimate of drug-likeness (QED) is 0.555. The van der Waals surface area contributed by atoms with Crippen molar-refractivity contribution in [2.45, 2.75) is 33.1 Å². The number of hydrogen-bond acceptors (Lipinski definition) is 4. The molecule has 118 valence electrons. The summed E-state index contributed by atoms with van der Waals surface area (Å²) in [6.45, 7) is 6.51. The fourth-order valence-corrected chi connectivity index (χ4v) is 2.31. The number of ether oxygens (including phenoxy) is 2. The molecule has 0 unspecified atom stereocenters. The number of carbonyl (C=O) groups excluding carboxylic acids is 1. The van der Waals surface area contributed by atoms with Crippen LogP contribution in [-0.4, -0.2) is 35.1 Å². The highest BCUT2D eigenvalue weighted by Gasteiger charge is 2.25. The van der Waals surface area contributed by atoms with E-state index in [0.29, 0.717) is 18.9 Å². The first kappa shape index (κ1) is 16.4. The highest BCUT2D eigenvalue weighted by Crippen LogP contribution is 2.20. The largest absolute Gasteiger partial charge is 0.346 e. The highest BCUT2D eigenvalue weighted by atomic mass is 16.7. The smallest absolute Gasteiger partial charge is 0.236 e. The van der Waals surface area contributed by atoms with Gasteiger partial charge in [0, 0.05) is 19.4 Å². The van der Waals surface area contributed by atoms with Gasteiger partial charge >= 0.3 is 0 Å². The number of nitrogens with zero attached hydrogens (tertiary/aromatic N) is 2. The van der Waals surface area contributed by atoms with Crippen LogP contribution in [0.2, 0.25) is 0 Å². The second-order valence-electron chi connectivity index (χ2n) is 4.85. The van der Waals surface area contributed by atoms with Crippen LogP contribution in [0.5, 0.6) is 0 Å².